The molecule has 0 aliphatic carbocycles. The van der Waals surface area contributed by atoms with Gasteiger partial charge in [0.25, 0.3) is 5.91 Å². The summed E-state index contributed by atoms with van der Waals surface area (Å²) >= 11 is 6.01. The van der Waals surface area contributed by atoms with Crippen LogP contribution in [0.3, 0.4) is 0 Å². The third-order valence-corrected chi connectivity index (χ3v) is 4.45. The van der Waals surface area contributed by atoms with E-state index in [1.807, 2.05) is 38.1 Å². The largest absolute Gasteiger partial charge is 0.480 e. The van der Waals surface area contributed by atoms with Crippen molar-refractivity contribution in [3.63, 3.8) is 0 Å². The number of halogens is 1. The summed E-state index contributed by atoms with van der Waals surface area (Å²) in [6, 6.07) is 7.78. The van der Waals surface area contributed by atoms with E-state index >= 15 is 0 Å². The molecule has 4 heteroatoms. The molecule has 1 aromatic rings. The Kier molecular flexibility index (Phi) is 4.35. The predicted molar refractivity (Wildman–Crippen MR) is 76.7 cm³/mol. The Morgan fingerprint density at radius 2 is 2.11 bits per heavy atom. The van der Waals surface area contributed by atoms with Crippen LogP contribution in [0.5, 0.6) is 5.75 Å². The van der Waals surface area contributed by atoms with Gasteiger partial charge in [0, 0.05) is 12.3 Å². The van der Waals surface area contributed by atoms with Gasteiger partial charge in [0.1, 0.15) is 5.75 Å². The lowest BCUT2D eigenvalue weighted by Gasteiger charge is -2.31. The predicted octanol–water partition coefficient (Wildman–Crippen LogP) is 2.90. The van der Waals surface area contributed by atoms with Crippen LogP contribution in [0, 0.1) is 0 Å². The van der Waals surface area contributed by atoms with Crippen molar-refractivity contribution in [2.45, 2.75) is 44.8 Å². The fourth-order valence-corrected chi connectivity index (χ4v) is 2.76. The van der Waals surface area contributed by atoms with Gasteiger partial charge in [-0.05, 0) is 24.5 Å². The average Bonchev–Trinajstić information content (AvgIpc) is 2.89. The van der Waals surface area contributed by atoms with Gasteiger partial charge in [-0.2, -0.15) is 0 Å². The lowest BCUT2D eigenvalue weighted by atomic mass is 9.94. The molecule has 0 radical (unpaired) electrons. The van der Waals surface area contributed by atoms with E-state index in [1.54, 1.807) is 0 Å². The molecule has 1 aliphatic rings. The number of para-hydroxylation sites is 1. The number of benzene rings is 1. The molecule has 0 bridgehead atoms. The van der Waals surface area contributed by atoms with Crippen LogP contribution in [-0.2, 0) is 11.2 Å². The Labute approximate surface area is 119 Å². The third-order valence-electron chi connectivity index (χ3n) is 3.94. The minimum atomic E-state index is -0.432. The summed E-state index contributed by atoms with van der Waals surface area (Å²) in [5.41, 5.74) is 0.767. The van der Waals surface area contributed by atoms with Crippen LogP contribution >= 0.6 is 11.6 Å². The molecule has 1 aromatic carbocycles. The van der Waals surface area contributed by atoms with Crippen molar-refractivity contribution in [2.24, 2.45) is 0 Å². The van der Waals surface area contributed by atoms with Gasteiger partial charge in [-0.25, -0.2) is 0 Å². The summed E-state index contributed by atoms with van der Waals surface area (Å²) in [5, 5.41) is 3.06. The van der Waals surface area contributed by atoms with E-state index in [0.29, 0.717) is 12.3 Å². The van der Waals surface area contributed by atoms with Crippen molar-refractivity contribution in [1.82, 2.24) is 5.32 Å². The van der Waals surface area contributed by atoms with Crippen molar-refractivity contribution in [3.8, 4) is 5.75 Å². The molecule has 2 rings (SSSR count). The molecule has 19 heavy (non-hydrogen) atoms. The molecule has 1 heterocycles. The molecule has 1 aliphatic heterocycles. The van der Waals surface area contributed by atoms with Crippen LogP contribution in [0.25, 0.3) is 0 Å². The van der Waals surface area contributed by atoms with Crippen molar-refractivity contribution >= 4 is 17.5 Å². The molecule has 3 nitrogen and oxygen atoms in total. The van der Waals surface area contributed by atoms with Crippen LogP contribution < -0.4 is 10.1 Å². The second kappa shape index (κ2) is 5.83. The number of amides is 1. The number of carbonyl (C=O) groups is 1. The topological polar surface area (TPSA) is 38.3 Å². The third kappa shape index (κ3) is 2.86. The van der Waals surface area contributed by atoms with Crippen molar-refractivity contribution in [1.29, 1.82) is 0 Å². The molecule has 0 aromatic heterocycles. The quantitative estimate of drug-likeness (QED) is 0.843. The first-order chi connectivity index (χ1) is 9.14. The second-order valence-electron chi connectivity index (χ2n) is 5.03. The van der Waals surface area contributed by atoms with Crippen molar-refractivity contribution < 1.29 is 9.53 Å². The Morgan fingerprint density at radius 1 is 1.42 bits per heavy atom. The summed E-state index contributed by atoms with van der Waals surface area (Å²) in [5.74, 6) is 1.17. The molecule has 1 unspecified atom stereocenters. The molecule has 0 fully saturated rings. The van der Waals surface area contributed by atoms with Gasteiger partial charge >= 0.3 is 0 Å². The summed E-state index contributed by atoms with van der Waals surface area (Å²) in [7, 11) is 0. The average molecular weight is 282 g/mol. The molecular weight excluding hydrogens is 262 g/mol. The minimum absolute atomic E-state index is 0.0689. The fourth-order valence-electron chi connectivity index (χ4n) is 2.32. The van der Waals surface area contributed by atoms with Crippen LogP contribution in [0.1, 0.15) is 32.3 Å². The molecule has 104 valence electrons. The number of ether oxygens (including phenoxy) is 1. The first-order valence-electron chi connectivity index (χ1n) is 6.76. The van der Waals surface area contributed by atoms with Crippen molar-refractivity contribution in [2.75, 3.05) is 5.88 Å². The number of hydrogen-bond donors (Lipinski definition) is 1. The molecule has 1 amide bonds. The first kappa shape index (κ1) is 14.2. The number of hydrogen-bond acceptors (Lipinski definition) is 2. The van der Waals surface area contributed by atoms with Crippen LogP contribution in [0.2, 0.25) is 0 Å². The molecule has 0 saturated heterocycles. The Balaban J connectivity index is 2.03. The molecule has 0 saturated carbocycles. The van der Waals surface area contributed by atoms with Gasteiger partial charge < -0.3 is 10.1 Å². The van der Waals surface area contributed by atoms with E-state index in [9.17, 15) is 4.79 Å². The van der Waals surface area contributed by atoms with E-state index in [4.69, 9.17) is 16.3 Å². The standard InChI is InChI=1S/C15H20ClNO2/c1-3-15(4-2,10-16)17-14(18)13-9-11-7-5-6-8-12(11)19-13/h5-8,13H,3-4,9-10H2,1-2H3,(H,17,18). The zero-order valence-electron chi connectivity index (χ0n) is 11.4. The Hall–Kier alpha value is -1.22. The fraction of sp³-hybridized carbons (Fsp3) is 0.533. The maximum absolute atomic E-state index is 12.3. The lowest BCUT2D eigenvalue weighted by molar-refractivity contribution is -0.129. The number of nitrogens with one attached hydrogen (secondary N) is 1. The maximum atomic E-state index is 12.3. The van der Waals surface area contributed by atoms with Gasteiger partial charge in [0.05, 0.1) is 5.54 Å². The van der Waals surface area contributed by atoms with E-state index in [0.717, 1.165) is 24.2 Å². The zero-order chi connectivity index (χ0) is 13.9. The highest BCUT2D eigenvalue weighted by Crippen LogP contribution is 2.28. The second-order valence-corrected chi connectivity index (χ2v) is 5.30. The van der Waals surface area contributed by atoms with E-state index in [1.165, 1.54) is 0 Å². The maximum Gasteiger partial charge on any atom is 0.261 e. The Bertz CT molecular complexity index is 424. The molecule has 1 atom stereocenters. The molecule has 1 N–H and O–H groups in total. The monoisotopic (exact) mass is 281 g/mol. The highest BCUT2D eigenvalue weighted by atomic mass is 35.5. The minimum Gasteiger partial charge on any atom is -0.480 e. The molecular formula is C15H20ClNO2. The van der Waals surface area contributed by atoms with Gasteiger partial charge in [0.2, 0.25) is 0 Å². The number of alkyl halides is 1. The number of carbonyl (C=O) groups excluding carboxylic acids is 1. The number of fused-ring (bicyclic) bond motifs is 1. The highest BCUT2D eigenvalue weighted by molar-refractivity contribution is 6.18. The van der Waals surface area contributed by atoms with Gasteiger partial charge in [0.15, 0.2) is 6.10 Å². The normalized spacial score (nSPS) is 17.7. The van der Waals surface area contributed by atoms with Gasteiger partial charge in [-0.1, -0.05) is 32.0 Å². The molecule has 0 spiro atoms. The van der Waals surface area contributed by atoms with E-state index in [2.05, 4.69) is 5.32 Å². The van der Waals surface area contributed by atoms with Gasteiger partial charge in [-0.15, -0.1) is 11.6 Å². The highest BCUT2D eigenvalue weighted by Gasteiger charge is 2.34. The van der Waals surface area contributed by atoms with Gasteiger partial charge in [-0.3, -0.25) is 4.79 Å². The summed E-state index contributed by atoms with van der Waals surface area (Å²) in [6.07, 6.45) is 1.84. The Morgan fingerprint density at radius 3 is 2.68 bits per heavy atom. The van der Waals surface area contributed by atoms with Crippen LogP contribution in [-0.4, -0.2) is 23.4 Å². The van der Waals surface area contributed by atoms with Crippen LogP contribution in [0.4, 0.5) is 0 Å². The summed E-state index contributed by atoms with van der Waals surface area (Å²) in [6.45, 7) is 4.08. The SMILES string of the molecule is CCC(CC)(CCl)NC(=O)C1Cc2ccccc2O1. The van der Waals surface area contributed by atoms with E-state index in [-0.39, 0.29) is 11.4 Å². The van der Waals surface area contributed by atoms with Crippen LogP contribution in [0.15, 0.2) is 24.3 Å². The lowest BCUT2D eigenvalue weighted by Crippen LogP contribution is -2.53. The zero-order valence-corrected chi connectivity index (χ0v) is 12.2. The first-order valence-corrected chi connectivity index (χ1v) is 7.30. The summed E-state index contributed by atoms with van der Waals surface area (Å²) < 4.78 is 5.69. The smallest absolute Gasteiger partial charge is 0.261 e. The number of rotatable bonds is 5. The van der Waals surface area contributed by atoms with E-state index < -0.39 is 6.10 Å². The van der Waals surface area contributed by atoms with Crippen molar-refractivity contribution in [3.05, 3.63) is 29.8 Å². The summed E-state index contributed by atoms with van der Waals surface area (Å²) in [4.78, 5) is 12.3.